The lowest BCUT2D eigenvalue weighted by molar-refractivity contribution is -0.0703. The van der Waals surface area contributed by atoms with E-state index >= 15 is 0 Å². The van der Waals surface area contributed by atoms with Crippen LogP contribution in [0.4, 0.5) is 0 Å². The standard InChI is InChI=1S/C14H20O/c1-2-15-14(11-7-4-8-12-14)13-9-5-3-6-10-13/h3,5-6,9-10H,2,4,7-8,11-12H2,1H3. The van der Waals surface area contributed by atoms with Crippen molar-refractivity contribution in [3.8, 4) is 0 Å². The summed E-state index contributed by atoms with van der Waals surface area (Å²) in [6, 6.07) is 10.7. The van der Waals surface area contributed by atoms with Crippen molar-refractivity contribution in [1.82, 2.24) is 0 Å². The summed E-state index contributed by atoms with van der Waals surface area (Å²) in [5, 5.41) is 0. The fraction of sp³-hybridized carbons (Fsp3) is 0.571. The number of rotatable bonds is 3. The first-order valence-electron chi connectivity index (χ1n) is 6.07. The molecule has 0 bridgehead atoms. The molecule has 1 aliphatic carbocycles. The summed E-state index contributed by atoms with van der Waals surface area (Å²) in [5.41, 5.74) is 1.39. The molecule has 0 N–H and O–H groups in total. The van der Waals surface area contributed by atoms with E-state index < -0.39 is 0 Å². The fourth-order valence-electron chi connectivity index (χ4n) is 2.66. The van der Waals surface area contributed by atoms with Gasteiger partial charge in [0.2, 0.25) is 0 Å². The fourth-order valence-corrected chi connectivity index (χ4v) is 2.66. The second-order valence-electron chi connectivity index (χ2n) is 4.35. The molecule has 0 amide bonds. The molecule has 0 aliphatic heterocycles. The van der Waals surface area contributed by atoms with Gasteiger partial charge in [-0.05, 0) is 25.3 Å². The Morgan fingerprint density at radius 1 is 1.07 bits per heavy atom. The van der Waals surface area contributed by atoms with Crippen molar-refractivity contribution in [2.24, 2.45) is 0 Å². The quantitative estimate of drug-likeness (QED) is 0.726. The van der Waals surface area contributed by atoms with E-state index in [9.17, 15) is 0 Å². The van der Waals surface area contributed by atoms with E-state index in [2.05, 4.69) is 37.3 Å². The molecule has 0 aromatic heterocycles. The van der Waals surface area contributed by atoms with E-state index in [4.69, 9.17) is 4.74 Å². The molecule has 0 heterocycles. The predicted octanol–water partition coefficient (Wildman–Crippen LogP) is 3.88. The van der Waals surface area contributed by atoms with Crippen LogP contribution in [-0.4, -0.2) is 6.61 Å². The average Bonchev–Trinajstić information content (AvgIpc) is 2.32. The zero-order chi connectivity index (χ0) is 10.6. The molecule has 82 valence electrons. The lowest BCUT2D eigenvalue weighted by Gasteiger charge is -2.37. The summed E-state index contributed by atoms with van der Waals surface area (Å²) in [5.74, 6) is 0. The van der Waals surface area contributed by atoms with Crippen LogP contribution in [-0.2, 0) is 10.3 Å². The van der Waals surface area contributed by atoms with Crippen LogP contribution in [0.25, 0.3) is 0 Å². The van der Waals surface area contributed by atoms with Gasteiger partial charge < -0.3 is 4.74 Å². The predicted molar refractivity (Wildman–Crippen MR) is 62.8 cm³/mol. The molecule has 1 aliphatic rings. The van der Waals surface area contributed by atoms with E-state index in [1.165, 1.54) is 37.7 Å². The third-order valence-corrected chi connectivity index (χ3v) is 3.38. The maximum Gasteiger partial charge on any atom is 0.0931 e. The first kappa shape index (κ1) is 10.7. The number of ether oxygens (including phenoxy) is 1. The van der Waals surface area contributed by atoms with Crippen molar-refractivity contribution in [3.63, 3.8) is 0 Å². The van der Waals surface area contributed by atoms with Gasteiger partial charge in [0.25, 0.3) is 0 Å². The minimum Gasteiger partial charge on any atom is -0.371 e. The Morgan fingerprint density at radius 2 is 1.73 bits per heavy atom. The zero-order valence-corrected chi connectivity index (χ0v) is 9.54. The molecular weight excluding hydrogens is 184 g/mol. The highest BCUT2D eigenvalue weighted by atomic mass is 16.5. The van der Waals surface area contributed by atoms with Gasteiger partial charge in [0.05, 0.1) is 5.60 Å². The summed E-state index contributed by atoms with van der Waals surface area (Å²) in [4.78, 5) is 0. The van der Waals surface area contributed by atoms with Crippen molar-refractivity contribution in [2.45, 2.75) is 44.6 Å². The van der Waals surface area contributed by atoms with Gasteiger partial charge in [-0.2, -0.15) is 0 Å². The van der Waals surface area contributed by atoms with Crippen LogP contribution in [0.2, 0.25) is 0 Å². The van der Waals surface area contributed by atoms with Crippen LogP contribution in [0.3, 0.4) is 0 Å². The Hall–Kier alpha value is -0.820. The third kappa shape index (κ3) is 2.23. The van der Waals surface area contributed by atoms with Crippen LogP contribution < -0.4 is 0 Å². The minimum atomic E-state index is 0.0221. The maximum atomic E-state index is 6.06. The van der Waals surface area contributed by atoms with Crippen molar-refractivity contribution < 1.29 is 4.74 Å². The Kier molecular flexibility index (Phi) is 3.42. The summed E-state index contributed by atoms with van der Waals surface area (Å²) >= 11 is 0. The molecule has 1 aromatic rings. The van der Waals surface area contributed by atoms with E-state index in [1.807, 2.05) is 0 Å². The highest BCUT2D eigenvalue weighted by molar-refractivity contribution is 5.23. The Labute approximate surface area is 92.5 Å². The van der Waals surface area contributed by atoms with Crippen molar-refractivity contribution in [1.29, 1.82) is 0 Å². The average molecular weight is 204 g/mol. The first-order chi connectivity index (χ1) is 7.37. The molecule has 1 aromatic carbocycles. The lowest BCUT2D eigenvalue weighted by Crippen LogP contribution is -2.32. The second kappa shape index (κ2) is 4.80. The smallest absolute Gasteiger partial charge is 0.0931 e. The molecule has 1 saturated carbocycles. The van der Waals surface area contributed by atoms with Gasteiger partial charge in [-0.25, -0.2) is 0 Å². The first-order valence-corrected chi connectivity index (χ1v) is 6.07. The summed E-state index contributed by atoms with van der Waals surface area (Å²) in [6.07, 6.45) is 6.33. The second-order valence-corrected chi connectivity index (χ2v) is 4.35. The molecule has 1 nitrogen and oxygen atoms in total. The van der Waals surface area contributed by atoms with Crippen molar-refractivity contribution in [3.05, 3.63) is 35.9 Å². The Balaban J connectivity index is 2.25. The van der Waals surface area contributed by atoms with Crippen LogP contribution in [0.5, 0.6) is 0 Å². The van der Waals surface area contributed by atoms with Crippen molar-refractivity contribution >= 4 is 0 Å². The van der Waals surface area contributed by atoms with Gasteiger partial charge in [0.1, 0.15) is 0 Å². The molecular formula is C14H20O. The van der Waals surface area contributed by atoms with Gasteiger partial charge in [0, 0.05) is 6.61 Å². The lowest BCUT2D eigenvalue weighted by atomic mass is 9.79. The Morgan fingerprint density at radius 3 is 2.33 bits per heavy atom. The minimum absolute atomic E-state index is 0.0221. The van der Waals surface area contributed by atoms with E-state index in [-0.39, 0.29) is 5.60 Å². The molecule has 1 fully saturated rings. The summed E-state index contributed by atoms with van der Waals surface area (Å²) < 4.78 is 6.06. The number of hydrogen-bond acceptors (Lipinski definition) is 1. The van der Waals surface area contributed by atoms with Gasteiger partial charge >= 0.3 is 0 Å². The van der Waals surface area contributed by atoms with Gasteiger partial charge in [-0.15, -0.1) is 0 Å². The molecule has 0 atom stereocenters. The molecule has 1 heteroatoms. The van der Waals surface area contributed by atoms with Gasteiger partial charge in [-0.1, -0.05) is 49.6 Å². The molecule has 0 radical (unpaired) electrons. The highest BCUT2D eigenvalue weighted by Crippen LogP contribution is 2.40. The van der Waals surface area contributed by atoms with E-state index in [0.29, 0.717) is 0 Å². The molecule has 15 heavy (non-hydrogen) atoms. The summed E-state index contributed by atoms with van der Waals surface area (Å²) in [6.45, 7) is 2.91. The number of hydrogen-bond donors (Lipinski definition) is 0. The maximum absolute atomic E-state index is 6.06. The van der Waals surface area contributed by atoms with Crippen LogP contribution in [0.1, 0.15) is 44.6 Å². The van der Waals surface area contributed by atoms with Crippen LogP contribution in [0, 0.1) is 0 Å². The summed E-state index contributed by atoms with van der Waals surface area (Å²) in [7, 11) is 0. The molecule has 0 unspecified atom stereocenters. The highest BCUT2D eigenvalue weighted by Gasteiger charge is 2.33. The Bertz CT molecular complexity index is 280. The normalized spacial score (nSPS) is 20.1. The van der Waals surface area contributed by atoms with Gasteiger partial charge in [-0.3, -0.25) is 0 Å². The monoisotopic (exact) mass is 204 g/mol. The van der Waals surface area contributed by atoms with Crippen LogP contribution >= 0.6 is 0 Å². The third-order valence-electron chi connectivity index (χ3n) is 3.38. The topological polar surface area (TPSA) is 9.23 Å². The SMILES string of the molecule is CCOC1(c2ccccc2)CCCCC1. The van der Waals surface area contributed by atoms with E-state index in [0.717, 1.165) is 6.61 Å². The zero-order valence-electron chi connectivity index (χ0n) is 9.54. The number of benzene rings is 1. The van der Waals surface area contributed by atoms with Crippen LogP contribution in [0.15, 0.2) is 30.3 Å². The van der Waals surface area contributed by atoms with Gasteiger partial charge in [0.15, 0.2) is 0 Å². The molecule has 0 spiro atoms. The van der Waals surface area contributed by atoms with Crippen molar-refractivity contribution in [2.75, 3.05) is 6.61 Å². The molecule has 2 rings (SSSR count). The van der Waals surface area contributed by atoms with E-state index in [1.54, 1.807) is 0 Å². The molecule has 0 saturated heterocycles. The largest absolute Gasteiger partial charge is 0.371 e.